The number of likely N-dealkylation sites (N-methyl/N-ethyl adjacent to an activating group) is 1. The monoisotopic (exact) mass is 285 g/mol. The third-order valence-corrected chi connectivity index (χ3v) is 3.33. The largest absolute Gasteiger partial charge is 0.312 e. The van der Waals surface area contributed by atoms with Gasteiger partial charge >= 0.3 is 0 Å². The summed E-state index contributed by atoms with van der Waals surface area (Å²) in [6.45, 7) is 3.90. The second kappa shape index (κ2) is 6.40. The van der Waals surface area contributed by atoms with Crippen LogP contribution >= 0.6 is 11.6 Å². The first-order chi connectivity index (χ1) is 9.58. The molecule has 0 aliphatic carbocycles. The van der Waals surface area contributed by atoms with Gasteiger partial charge in [0, 0.05) is 29.8 Å². The predicted molar refractivity (Wildman–Crippen MR) is 84.1 cm³/mol. The first-order valence-corrected chi connectivity index (χ1v) is 6.71. The summed E-state index contributed by atoms with van der Waals surface area (Å²) in [5.74, 6) is -0.0869. The van der Waals surface area contributed by atoms with Crippen molar-refractivity contribution >= 4 is 23.2 Å². The maximum Gasteiger partial charge on any atom is 0.253 e. The Morgan fingerprint density at radius 1 is 1.10 bits per heavy atom. The molecule has 0 radical (unpaired) electrons. The normalized spacial score (nSPS) is 10.1. The van der Waals surface area contributed by atoms with E-state index >= 15 is 0 Å². The molecule has 0 fully saturated rings. The fraction of sp³-hybridized carbons (Fsp3) is 0.118. The maximum atomic E-state index is 12.3. The zero-order chi connectivity index (χ0) is 14.5. The van der Waals surface area contributed by atoms with E-state index in [1.165, 1.54) is 0 Å². The third kappa shape index (κ3) is 3.49. The molecular formula is C17H16ClNO. The Morgan fingerprint density at radius 2 is 1.70 bits per heavy atom. The van der Waals surface area contributed by atoms with Crippen molar-refractivity contribution in [2.45, 2.75) is 6.42 Å². The van der Waals surface area contributed by atoms with Crippen LogP contribution in [0, 0.1) is 0 Å². The number of nitrogens with zero attached hydrogens (tertiary/aromatic N) is 1. The summed E-state index contributed by atoms with van der Waals surface area (Å²) in [5, 5.41) is 0.651. The number of carbonyl (C=O) groups excluding carboxylic acids is 1. The molecular weight excluding hydrogens is 270 g/mol. The predicted octanol–water partition coefficient (Wildman–Crippen LogP) is 4.10. The van der Waals surface area contributed by atoms with E-state index in [9.17, 15) is 4.79 Å². The summed E-state index contributed by atoms with van der Waals surface area (Å²) in [4.78, 5) is 13.9. The van der Waals surface area contributed by atoms with Crippen LogP contribution in [0.3, 0.4) is 0 Å². The van der Waals surface area contributed by atoms with E-state index in [-0.39, 0.29) is 5.91 Å². The SMILES string of the molecule is C=C(Cc1ccccc1)C(=O)N(C)c1ccc(Cl)cc1. The summed E-state index contributed by atoms with van der Waals surface area (Å²) in [7, 11) is 1.74. The van der Waals surface area contributed by atoms with E-state index in [2.05, 4.69) is 6.58 Å². The number of carbonyl (C=O) groups is 1. The van der Waals surface area contributed by atoms with E-state index in [1.807, 2.05) is 42.5 Å². The molecule has 2 rings (SSSR count). The lowest BCUT2D eigenvalue weighted by atomic mass is 10.1. The highest BCUT2D eigenvalue weighted by Gasteiger charge is 2.14. The fourth-order valence-corrected chi connectivity index (χ4v) is 2.06. The van der Waals surface area contributed by atoms with E-state index < -0.39 is 0 Å². The number of amides is 1. The molecule has 0 aliphatic heterocycles. The molecule has 2 aromatic carbocycles. The lowest BCUT2D eigenvalue weighted by Gasteiger charge is -2.18. The molecule has 0 spiro atoms. The van der Waals surface area contributed by atoms with Crippen molar-refractivity contribution in [1.29, 1.82) is 0 Å². The summed E-state index contributed by atoms with van der Waals surface area (Å²) < 4.78 is 0. The fourth-order valence-electron chi connectivity index (χ4n) is 1.94. The minimum Gasteiger partial charge on any atom is -0.312 e. The quantitative estimate of drug-likeness (QED) is 0.775. The Labute approximate surface area is 124 Å². The van der Waals surface area contributed by atoms with Crippen molar-refractivity contribution in [3.05, 3.63) is 77.3 Å². The second-order valence-corrected chi connectivity index (χ2v) is 5.04. The third-order valence-electron chi connectivity index (χ3n) is 3.08. The summed E-state index contributed by atoms with van der Waals surface area (Å²) in [5.41, 5.74) is 2.44. The van der Waals surface area contributed by atoms with Crippen LogP contribution < -0.4 is 4.90 Å². The Hall–Kier alpha value is -2.06. The van der Waals surface area contributed by atoms with Gasteiger partial charge in [0.15, 0.2) is 0 Å². The average molecular weight is 286 g/mol. The number of anilines is 1. The van der Waals surface area contributed by atoms with Gasteiger partial charge in [0.25, 0.3) is 5.91 Å². The standard InChI is InChI=1S/C17H16ClNO/c1-13(12-14-6-4-3-5-7-14)17(20)19(2)16-10-8-15(18)9-11-16/h3-11H,1,12H2,2H3. The zero-order valence-corrected chi connectivity index (χ0v) is 12.1. The van der Waals surface area contributed by atoms with Gasteiger partial charge in [-0.15, -0.1) is 0 Å². The number of hydrogen-bond donors (Lipinski definition) is 0. The summed E-state index contributed by atoms with van der Waals surface area (Å²) in [6, 6.07) is 17.0. The minimum atomic E-state index is -0.0869. The van der Waals surface area contributed by atoms with Crippen LogP contribution in [0.4, 0.5) is 5.69 Å². The van der Waals surface area contributed by atoms with Crippen LogP contribution in [0.5, 0.6) is 0 Å². The van der Waals surface area contributed by atoms with Gasteiger partial charge in [-0.25, -0.2) is 0 Å². The first-order valence-electron chi connectivity index (χ1n) is 6.33. The van der Waals surface area contributed by atoms with E-state index in [0.717, 1.165) is 11.3 Å². The maximum absolute atomic E-state index is 12.3. The smallest absolute Gasteiger partial charge is 0.253 e. The van der Waals surface area contributed by atoms with E-state index in [4.69, 9.17) is 11.6 Å². The zero-order valence-electron chi connectivity index (χ0n) is 11.3. The van der Waals surface area contributed by atoms with Crippen LogP contribution in [0.1, 0.15) is 5.56 Å². The van der Waals surface area contributed by atoms with Crippen LogP contribution in [0.25, 0.3) is 0 Å². The molecule has 2 nitrogen and oxygen atoms in total. The van der Waals surface area contributed by atoms with Crippen molar-refractivity contribution in [1.82, 2.24) is 0 Å². The van der Waals surface area contributed by atoms with Crippen molar-refractivity contribution < 1.29 is 4.79 Å². The number of rotatable bonds is 4. The molecule has 3 heteroatoms. The lowest BCUT2D eigenvalue weighted by molar-refractivity contribution is -0.114. The number of halogens is 1. The van der Waals surface area contributed by atoms with Gasteiger partial charge in [-0.2, -0.15) is 0 Å². The van der Waals surface area contributed by atoms with Gasteiger partial charge in [0.05, 0.1) is 0 Å². The Morgan fingerprint density at radius 3 is 2.30 bits per heavy atom. The molecule has 2 aromatic rings. The molecule has 102 valence electrons. The molecule has 0 unspecified atom stereocenters. The van der Waals surface area contributed by atoms with Gasteiger partial charge < -0.3 is 4.90 Å². The van der Waals surface area contributed by atoms with Crippen molar-refractivity contribution in [2.24, 2.45) is 0 Å². The second-order valence-electron chi connectivity index (χ2n) is 4.61. The summed E-state index contributed by atoms with van der Waals surface area (Å²) in [6.07, 6.45) is 0.553. The molecule has 0 heterocycles. The average Bonchev–Trinajstić information content (AvgIpc) is 2.47. The minimum absolute atomic E-state index is 0.0869. The van der Waals surface area contributed by atoms with E-state index in [1.54, 1.807) is 24.1 Å². The summed E-state index contributed by atoms with van der Waals surface area (Å²) >= 11 is 5.84. The van der Waals surface area contributed by atoms with Gasteiger partial charge in [0.2, 0.25) is 0 Å². The van der Waals surface area contributed by atoms with Gasteiger partial charge in [0.1, 0.15) is 0 Å². The van der Waals surface area contributed by atoms with E-state index in [0.29, 0.717) is 17.0 Å². The van der Waals surface area contributed by atoms with Crippen molar-refractivity contribution in [2.75, 3.05) is 11.9 Å². The first kappa shape index (κ1) is 14.4. The molecule has 0 aliphatic rings. The Bertz CT molecular complexity index is 605. The highest BCUT2D eigenvalue weighted by atomic mass is 35.5. The molecule has 0 saturated heterocycles. The Balaban J connectivity index is 2.06. The van der Waals surface area contributed by atoms with Gasteiger partial charge in [-0.05, 0) is 29.8 Å². The Kier molecular flexibility index (Phi) is 4.59. The highest BCUT2D eigenvalue weighted by Crippen LogP contribution is 2.19. The molecule has 0 atom stereocenters. The molecule has 0 bridgehead atoms. The molecule has 0 N–H and O–H groups in total. The van der Waals surface area contributed by atoms with Crippen LogP contribution in [0.15, 0.2) is 66.7 Å². The lowest BCUT2D eigenvalue weighted by Crippen LogP contribution is -2.28. The van der Waals surface area contributed by atoms with Crippen molar-refractivity contribution in [3.8, 4) is 0 Å². The van der Waals surface area contributed by atoms with Gasteiger partial charge in [-0.1, -0.05) is 48.5 Å². The molecule has 1 amide bonds. The van der Waals surface area contributed by atoms with Crippen LogP contribution in [0.2, 0.25) is 5.02 Å². The van der Waals surface area contributed by atoms with Crippen LogP contribution in [-0.4, -0.2) is 13.0 Å². The molecule has 0 aromatic heterocycles. The highest BCUT2D eigenvalue weighted by molar-refractivity contribution is 6.30. The molecule has 0 saturated carbocycles. The van der Waals surface area contributed by atoms with Crippen LogP contribution in [-0.2, 0) is 11.2 Å². The number of hydrogen-bond acceptors (Lipinski definition) is 1. The molecule has 20 heavy (non-hydrogen) atoms. The van der Waals surface area contributed by atoms with Gasteiger partial charge in [-0.3, -0.25) is 4.79 Å². The topological polar surface area (TPSA) is 20.3 Å². The van der Waals surface area contributed by atoms with Crippen molar-refractivity contribution in [3.63, 3.8) is 0 Å². The number of benzene rings is 2.